The summed E-state index contributed by atoms with van der Waals surface area (Å²) in [6, 6.07) is 7.53. The average molecular weight is 429 g/mol. The van der Waals surface area contributed by atoms with Crippen molar-refractivity contribution >= 4 is 34.4 Å². The van der Waals surface area contributed by atoms with E-state index in [2.05, 4.69) is 4.90 Å². The molecule has 4 rings (SSSR count). The minimum Gasteiger partial charge on any atom is -0.377 e. The normalized spacial score (nSPS) is 14.5. The number of hydrogen-bond acceptors (Lipinski definition) is 6. The summed E-state index contributed by atoms with van der Waals surface area (Å²) in [5, 5.41) is 6.28. The van der Waals surface area contributed by atoms with Gasteiger partial charge in [-0.2, -0.15) is 5.10 Å². The van der Waals surface area contributed by atoms with Crippen LogP contribution >= 0.6 is 11.6 Å². The SMILES string of the molecule is CCC(=O)N1CCN(c2nc(COC)nc3c2c(C)nn3-c2cccc(Cl)c2)CC1. The quantitative estimate of drug-likeness (QED) is 0.621. The summed E-state index contributed by atoms with van der Waals surface area (Å²) in [6.07, 6.45) is 0.529. The van der Waals surface area contributed by atoms with E-state index in [0.717, 1.165) is 28.2 Å². The van der Waals surface area contributed by atoms with Crippen molar-refractivity contribution in [3.8, 4) is 5.69 Å². The lowest BCUT2D eigenvalue weighted by atomic mass is 10.2. The number of halogens is 1. The van der Waals surface area contributed by atoms with Crippen LogP contribution in [0.5, 0.6) is 0 Å². The molecule has 0 spiro atoms. The monoisotopic (exact) mass is 428 g/mol. The largest absolute Gasteiger partial charge is 0.377 e. The summed E-state index contributed by atoms with van der Waals surface area (Å²) in [5.41, 5.74) is 2.40. The second kappa shape index (κ2) is 8.57. The van der Waals surface area contributed by atoms with E-state index in [0.29, 0.717) is 50.1 Å². The van der Waals surface area contributed by atoms with Gasteiger partial charge in [-0.25, -0.2) is 14.6 Å². The molecule has 1 aromatic carbocycles. The van der Waals surface area contributed by atoms with E-state index in [4.69, 9.17) is 31.4 Å². The minimum atomic E-state index is 0.188. The number of rotatable bonds is 5. The molecule has 8 nitrogen and oxygen atoms in total. The van der Waals surface area contributed by atoms with Gasteiger partial charge < -0.3 is 14.5 Å². The number of aromatic nitrogens is 4. The van der Waals surface area contributed by atoms with Crippen molar-refractivity contribution in [2.75, 3.05) is 38.2 Å². The summed E-state index contributed by atoms with van der Waals surface area (Å²) in [5.74, 6) is 1.61. The zero-order chi connectivity index (χ0) is 21.3. The van der Waals surface area contributed by atoms with Crippen LogP contribution in [-0.2, 0) is 16.1 Å². The number of nitrogens with zero attached hydrogens (tertiary/aromatic N) is 6. The van der Waals surface area contributed by atoms with Crippen LogP contribution < -0.4 is 4.90 Å². The highest BCUT2D eigenvalue weighted by atomic mass is 35.5. The van der Waals surface area contributed by atoms with Gasteiger partial charge in [-0.3, -0.25) is 4.79 Å². The third kappa shape index (κ3) is 3.85. The average Bonchev–Trinajstić information content (AvgIpc) is 3.09. The molecule has 30 heavy (non-hydrogen) atoms. The topological polar surface area (TPSA) is 76.4 Å². The molecule has 158 valence electrons. The predicted octanol–water partition coefficient (Wildman–Crippen LogP) is 2.98. The molecule has 1 fully saturated rings. The number of anilines is 1. The molecule has 3 aromatic rings. The first-order chi connectivity index (χ1) is 14.5. The van der Waals surface area contributed by atoms with Crippen molar-refractivity contribution in [2.45, 2.75) is 26.9 Å². The molecule has 9 heteroatoms. The number of piperazine rings is 1. The van der Waals surface area contributed by atoms with Gasteiger partial charge in [0.15, 0.2) is 11.5 Å². The first kappa shape index (κ1) is 20.6. The molecule has 1 aliphatic rings. The van der Waals surface area contributed by atoms with Gasteiger partial charge in [-0.1, -0.05) is 24.6 Å². The van der Waals surface area contributed by atoms with E-state index >= 15 is 0 Å². The van der Waals surface area contributed by atoms with E-state index in [1.807, 2.05) is 43.0 Å². The first-order valence-electron chi connectivity index (χ1n) is 10.1. The Bertz CT molecular complexity index is 1070. The van der Waals surface area contributed by atoms with E-state index in [1.54, 1.807) is 11.8 Å². The summed E-state index contributed by atoms with van der Waals surface area (Å²) < 4.78 is 7.11. The number of ether oxygens (including phenoxy) is 1. The number of carbonyl (C=O) groups is 1. The van der Waals surface area contributed by atoms with Crippen LogP contribution in [0.4, 0.5) is 5.82 Å². The van der Waals surface area contributed by atoms with Gasteiger partial charge in [0.1, 0.15) is 12.4 Å². The van der Waals surface area contributed by atoms with E-state index in [1.165, 1.54) is 0 Å². The van der Waals surface area contributed by atoms with Crippen LogP contribution in [0.3, 0.4) is 0 Å². The van der Waals surface area contributed by atoms with Crippen LogP contribution in [0.15, 0.2) is 24.3 Å². The molecule has 1 amide bonds. The van der Waals surface area contributed by atoms with Gasteiger partial charge in [-0.05, 0) is 25.1 Å². The third-order valence-electron chi connectivity index (χ3n) is 5.29. The molecule has 2 aromatic heterocycles. The maximum atomic E-state index is 12.0. The number of amides is 1. The number of aryl methyl sites for hydroxylation is 1. The molecule has 3 heterocycles. The zero-order valence-electron chi connectivity index (χ0n) is 17.4. The summed E-state index contributed by atoms with van der Waals surface area (Å²) in [4.78, 5) is 25.7. The smallest absolute Gasteiger partial charge is 0.222 e. The predicted molar refractivity (Wildman–Crippen MR) is 116 cm³/mol. The highest BCUT2D eigenvalue weighted by Gasteiger charge is 2.26. The Morgan fingerprint density at radius 1 is 1.20 bits per heavy atom. The minimum absolute atomic E-state index is 0.188. The second-order valence-corrected chi connectivity index (χ2v) is 7.73. The van der Waals surface area contributed by atoms with Crippen LogP contribution in [-0.4, -0.2) is 63.8 Å². The van der Waals surface area contributed by atoms with Gasteiger partial charge in [0, 0.05) is 44.7 Å². The van der Waals surface area contributed by atoms with Crippen molar-refractivity contribution in [3.05, 3.63) is 40.8 Å². The third-order valence-corrected chi connectivity index (χ3v) is 5.53. The Morgan fingerprint density at radius 3 is 2.63 bits per heavy atom. The number of methoxy groups -OCH3 is 1. The highest BCUT2D eigenvalue weighted by Crippen LogP contribution is 2.30. The fourth-order valence-electron chi connectivity index (χ4n) is 3.81. The molecular formula is C21H25ClN6O2. The maximum absolute atomic E-state index is 12.0. The second-order valence-electron chi connectivity index (χ2n) is 7.29. The number of fused-ring (bicyclic) bond motifs is 1. The number of carbonyl (C=O) groups excluding carboxylic acids is 1. The molecule has 0 unspecified atom stereocenters. The lowest BCUT2D eigenvalue weighted by Gasteiger charge is -2.35. The Labute approximate surface area is 180 Å². The zero-order valence-corrected chi connectivity index (χ0v) is 18.2. The van der Waals surface area contributed by atoms with Crippen molar-refractivity contribution in [3.63, 3.8) is 0 Å². The van der Waals surface area contributed by atoms with E-state index < -0.39 is 0 Å². The van der Waals surface area contributed by atoms with Gasteiger partial charge >= 0.3 is 0 Å². The molecule has 0 atom stereocenters. The van der Waals surface area contributed by atoms with Crippen molar-refractivity contribution < 1.29 is 9.53 Å². The summed E-state index contributed by atoms with van der Waals surface area (Å²) >= 11 is 6.20. The Hall–Kier alpha value is -2.71. The van der Waals surface area contributed by atoms with E-state index in [-0.39, 0.29) is 5.91 Å². The molecule has 1 aliphatic heterocycles. The van der Waals surface area contributed by atoms with Crippen LogP contribution in [0.25, 0.3) is 16.7 Å². The summed E-state index contributed by atoms with van der Waals surface area (Å²) in [6.45, 7) is 6.95. The Balaban J connectivity index is 1.79. The van der Waals surface area contributed by atoms with Crippen LogP contribution in [0.1, 0.15) is 24.9 Å². The first-order valence-corrected chi connectivity index (χ1v) is 10.4. The molecule has 0 radical (unpaired) electrons. The van der Waals surface area contributed by atoms with Gasteiger partial charge in [0.05, 0.1) is 16.8 Å². The van der Waals surface area contributed by atoms with Gasteiger partial charge in [0.25, 0.3) is 0 Å². The van der Waals surface area contributed by atoms with Crippen molar-refractivity contribution in [1.82, 2.24) is 24.6 Å². The van der Waals surface area contributed by atoms with E-state index in [9.17, 15) is 4.79 Å². The fourth-order valence-corrected chi connectivity index (χ4v) is 3.99. The lowest BCUT2D eigenvalue weighted by molar-refractivity contribution is -0.131. The number of benzene rings is 1. The maximum Gasteiger partial charge on any atom is 0.222 e. The Morgan fingerprint density at radius 2 is 1.97 bits per heavy atom. The van der Waals surface area contributed by atoms with Crippen LogP contribution in [0, 0.1) is 6.92 Å². The van der Waals surface area contributed by atoms with Crippen molar-refractivity contribution in [2.24, 2.45) is 0 Å². The standard InChI is InChI=1S/C21H25ClN6O2/c1-4-18(29)26-8-10-27(11-9-26)20-19-14(2)25-28(16-7-5-6-15(22)12-16)21(19)24-17(23-20)13-30-3/h5-7,12H,4,8-11,13H2,1-3H3. The molecular weight excluding hydrogens is 404 g/mol. The molecule has 1 saturated heterocycles. The highest BCUT2D eigenvalue weighted by molar-refractivity contribution is 6.30. The Kier molecular flexibility index (Phi) is 5.87. The van der Waals surface area contributed by atoms with Crippen molar-refractivity contribution in [1.29, 1.82) is 0 Å². The molecule has 0 N–H and O–H groups in total. The number of hydrogen-bond donors (Lipinski definition) is 0. The summed E-state index contributed by atoms with van der Waals surface area (Å²) in [7, 11) is 1.63. The lowest BCUT2D eigenvalue weighted by Crippen LogP contribution is -2.49. The van der Waals surface area contributed by atoms with Gasteiger partial charge in [0.2, 0.25) is 5.91 Å². The molecule has 0 aliphatic carbocycles. The fraction of sp³-hybridized carbons (Fsp3) is 0.429. The molecule has 0 saturated carbocycles. The van der Waals surface area contributed by atoms with Gasteiger partial charge in [-0.15, -0.1) is 0 Å². The molecule has 0 bridgehead atoms. The van der Waals surface area contributed by atoms with Crippen LogP contribution in [0.2, 0.25) is 5.02 Å².